The van der Waals surface area contributed by atoms with E-state index in [4.69, 9.17) is 4.74 Å². The Hall–Kier alpha value is -1.45. The molecule has 18 heavy (non-hydrogen) atoms. The van der Waals surface area contributed by atoms with Gasteiger partial charge in [0.05, 0.1) is 12.6 Å². The van der Waals surface area contributed by atoms with Gasteiger partial charge in [0, 0.05) is 25.5 Å². The van der Waals surface area contributed by atoms with Crippen molar-refractivity contribution >= 4 is 6.09 Å². The Balaban J connectivity index is 2.22. The van der Waals surface area contributed by atoms with E-state index in [0.29, 0.717) is 6.61 Å². The first-order valence-corrected chi connectivity index (χ1v) is 6.78. The molecule has 0 radical (unpaired) electrons. The van der Waals surface area contributed by atoms with Gasteiger partial charge in [0.15, 0.2) is 0 Å². The molecular weight excluding hydrogens is 228 g/mol. The van der Waals surface area contributed by atoms with Crippen molar-refractivity contribution in [2.24, 2.45) is 7.05 Å². The number of amides is 1. The lowest BCUT2D eigenvalue weighted by Gasteiger charge is -2.29. The predicted molar refractivity (Wildman–Crippen MR) is 70.4 cm³/mol. The first-order valence-electron chi connectivity index (χ1n) is 6.78. The molecule has 1 fully saturated rings. The van der Waals surface area contributed by atoms with Gasteiger partial charge in [-0.3, -0.25) is 4.90 Å². The van der Waals surface area contributed by atoms with Crippen LogP contribution in [0.5, 0.6) is 0 Å². The number of nitrogens with zero attached hydrogens (tertiary/aromatic N) is 2. The third kappa shape index (κ3) is 2.68. The van der Waals surface area contributed by atoms with Crippen LogP contribution in [0.15, 0.2) is 18.3 Å². The molecule has 1 atom stereocenters. The Kier molecular flexibility index (Phi) is 4.28. The first kappa shape index (κ1) is 13.0. The molecule has 0 aliphatic carbocycles. The minimum atomic E-state index is -0.175. The van der Waals surface area contributed by atoms with Crippen LogP contribution in [0, 0.1) is 0 Å². The highest BCUT2D eigenvalue weighted by Crippen LogP contribution is 2.30. The molecule has 0 N–H and O–H groups in total. The summed E-state index contributed by atoms with van der Waals surface area (Å²) in [5.41, 5.74) is 1.20. The van der Waals surface area contributed by atoms with Gasteiger partial charge < -0.3 is 9.30 Å². The lowest BCUT2D eigenvalue weighted by molar-refractivity contribution is 0.0895. The summed E-state index contributed by atoms with van der Waals surface area (Å²) in [5, 5.41) is 0. The highest BCUT2D eigenvalue weighted by molar-refractivity contribution is 5.68. The largest absolute Gasteiger partial charge is 0.450 e. The van der Waals surface area contributed by atoms with Crippen LogP contribution < -0.4 is 0 Å². The normalized spacial score (nSPS) is 20.6. The monoisotopic (exact) mass is 250 g/mol. The lowest BCUT2D eigenvalue weighted by atomic mass is 10.1. The Labute approximate surface area is 109 Å². The fourth-order valence-corrected chi connectivity index (χ4v) is 2.66. The Morgan fingerprint density at radius 1 is 1.44 bits per heavy atom. The van der Waals surface area contributed by atoms with E-state index in [1.54, 1.807) is 0 Å². The molecule has 1 amide bonds. The maximum atomic E-state index is 12.1. The van der Waals surface area contributed by atoms with Crippen LogP contribution in [-0.4, -0.2) is 28.7 Å². The number of aromatic nitrogens is 1. The average molecular weight is 250 g/mol. The van der Waals surface area contributed by atoms with Gasteiger partial charge in [0.1, 0.15) is 0 Å². The van der Waals surface area contributed by atoms with Gasteiger partial charge in [-0.1, -0.05) is 12.8 Å². The van der Waals surface area contributed by atoms with Gasteiger partial charge >= 0.3 is 6.09 Å². The standard InChI is InChI=1S/C14H22N2O2/c1-3-18-14(17)16-11-6-4-5-8-13(16)12-9-7-10-15(12)2/h7,9-10,13H,3-6,8,11H2,1-2H3. The number of rotatable bonds is 2. The Morgan fingerprint density at radius 3 is 2.94 bits per heavy atom. The molecule has 0 bridgehead atoms. The molecule has 4 heteroatoms. The van der Waals surface area contributed by atoms with Gasteiger partial charge in [-0.05, 0) is 31.9 Å². The molecule has 1 unspecified atom stereocenters. The van der Waals surface area contributed by atoms with Crippen LogP contribution in [0.3, 0.4) is 0 Å². The van der Waals surface area contributed by atoms with Crippen molar-refractivity contribution in [1.82, 2.24) is 9.47 Å². The quantitative estimate of drug-likeness (QED) is 0.808. The maximum Gasteiger partial charge on any atom is 0.410 e. The van der Waals surface area contributed by atoms with E-state index < -0.39 is 0 Å². The number of carbonyl (C=O) groups is 1. The smallest absolute Gasteiger partial charge is 0.410 e. The van der Waals surface area contributed by atoms with E-state index in [1.807, 2.05) is 31.1 Å². The second kappa shape index (κ2) is 5.94. The van der Waals surface area contributed by atoms with Crippen LogP contribution in [0.2, 0.25) is 0 Å². The molecule has 2 rings (SSSR count). The highest BCUT2D eigenvalue weighted by atomic mass is 16.6. The van der Waals surface area contributed by atoms with Crippen LogP contribution >= 0.6 is 0 Å². The fraction of sp³-hybridized carbons (Fsp3) is 0.643. The molecule has 1 aliphatic heterocycles. The molecule has 1 aliphatic rings. The van der Waals surface area contributed by atoms with E-state index in [-0.39, 0.29) is 12.1 Å². The van der Waals surface area contributed by atoms with E-state index in [9.17, 15) is 4.79 Å². The number of likely N-dealkylation sites (tertiary alicyclic amines) is 1. The lowest BCUT2D eigenvalue weighted by Crippen LogP contribution is -2.36. The molecule has 4 nitrogen and oxygen atoms in total. The molecule has 2 heterocycles. The summed E-state index contributed by atoms with van der Waals surface area (Å²) in [4.78, 5) is 14.0. The van der Waals surface area contributed by atoms with Crippen molar-refractivity contribution in [3.05, 3.63) is 24.0 Å². The van der Waals surface area contributed by atoms with Crippen molar-refractivity contribution in [1.29, 1.82) is 0 Å². The minimum Gasteiger partial charge on any atom is -0.450 e. The summed E-state index contributed by atoms with van der Waals surface area (Å²) in [6.07, 6.45) is 6.31. The average Bonchev–Trinajstić information content (AvgIpc) is 2.64. The molecule has 1 aromatic heterocycles. The second-order valence-electron chi connectivity index (χ2n) is 4.80. The SMILES string of the molecule is CCOC(=O)N1CCCCCC1c1cccn1C. The third-order valence-corrected chi connectivity index (χ3v) is 3.58. The zero-order valence-electron chi connectivity index (χ0n) is 11.3. The van der Waals surface area contributed by atoms with Gasteiger partial charge in [-0.25, -0.2) is 4.79 Å². The summed E-state index contributed by atoms with van der Waals surface area (Å²) in [6.45, 7) is 3.09. The molecule has 1 saturated heterocycles. The van der Waals surface area contributed by atoms with Crippen LogP contribution in [0.1, 0.15) is 44.3 Å². The van der Waals surface area contributed by atoms with E-state index in [1.165, 1.54) is 18.5 Å². The summed E-state index contributed by atoms with van der Waals surface area (Å²) in [5.74, 6) is 0. The van der Waals surface area contributed by atoms with Gasteiger partial charge in [0.2, 0.25) is 0 Å². The Bertz CT molecular complexity index is 400. The Morgan fingerprint density at radius 2 is 2.28 bits per heavy atom. The number of hydrogen-bond donors (Lipinski definition) is 0. The first-order chi connectivity index (χ1) is 8.74. The van der Waals surface area contributed by atoms with Gasteiger partial charge in [-0.2, -0.15) is 0 Å². The zero-order valence-corrected chi connectivity index (χ0v) is 11.3. The number of carbonyl (C=O) groups excluding carboxylic acids is 1. The molecule has 1 aromatic rings. The van der Waals surface area contributed by atoms with E-state index in [2.05, 4.69) is 10.6 Å². The van der Waals surface area contributed by atoms with E-state index in [0.717, 1.165) is 19.4 Å². The second-order valence-corrected chi connectivity index (χ2v) is 4.80. The van der Waals surface area contributed by atoms with Crippen molar-refractivity contribution in [3.8, 4) is 0 Å². The highest BCUT2D eigenvalue weighted by Gasteiger charge is 2.28. The summed E-state index contributed by atoms with van der Waals surface area (Å²) in [7, 11) is 2.03. The fourth-order valence-electron chi connectivity index (χ4n) is 2.66. The summed E-state index contributed by atoms with van der Waals surface area (Å²) in [6, 6.07) is 4.29. The van der Waals surface area contributed by atoms with Crippen LogP contribution in [0.25, 0.3) is 0 Å². The molecule has 100 valence electrons. The molecule has 0 spiro atoms. The van der Waals surface area contributed by atoms with E-state index >= 15 is 0 Å². The third-order valence-electron chi connectivity index (χ3n) is 3.58. The maximum absolute atomic E-state index is 12.1. The van der Waals surface area contributed by atoms with Gasteiger partial charge in [0.25, 0.3) is 0 Å². The van der Waals surface area contributed by atoms with Crippen molar-refractivity contribution in [2.45, 2.75) is 38.6 Å². The molecular formula is C14H22N2O2. The predicted octanol–water partition coefficient (Wildman–Crippen LogP) is 3.10. The minimum absolute atomic E-state index is 0.159. The number of hydrogen-bond acceptors (Lipinski definition) is 2. The molecule has 0 saturated carbocycles. The zero-order chi connectivity index (χ0) is 13.0. The van der Waals surface area contributed by atoms with Gasteiger partial charge in [-0.15, -0.1) is 0 Å². The topological polar surface area (TPSA) is 34.5 Å². The van der Waals surface area contributed by atoms with Crippen molar-refractivity contribution < 1.29 is 9.53 Å². The summed E-state index contributed by atoms with van der Waals surface area (Å²) >= 11 is 0. The van der Waals surface area contributed by atoms with Crippen molar-refractivity contribution in [2.75, 3.05) is 13.2 Å². The molecule has 0 aromatic carbocycles. The van der Waals surface area contributed by atoms with Crippen molar-refractivity contribution in [3.63, 3.8) is 0 Å². The van der Waals surface area contributed by atoms with Crippen LogP contribution in [0.4, 0.5) is 4.79 Å². The summed E-state index contributed by atoms with van der Waals surface area (Å²) < 4.78 is 7.28. The van der Waals surface area contributed by atoms with Crippen LogP contribution in [-0.2, 0) is 11.8 Å². The number of ether oxygens (including phenoxy) is 1. The number of aryl methyl sites for hydroxylation is 1.